The van der Waals surface area contributed by atoms with Crippen molar-refractivity contribution < 1.29 is 26.7 Å². The molecule has 1 atom stereocenters. The zero-order valence-electron chi connectivity index (χ0n) is 14.0. The van der Waals surface area contributed by atoms with Crippen LogP contribution in [0.1, 0.15) is 29.5 Å². The highest BCUT2D eigenvalue weighted by molar-refractivity contribution is 7.91. The van der Waals surface area contributed by atoms with Gasteiger partial charge in [0.15, 0.2) is 9.84 Å². The Balaban J connectivity index is 1.92. The maximum absolute atomic E-state index is 12.4. The van der Waals surface area contributed by atoms with Crippen molar-refractivity contribution in [2.45, 2.75) is 33.3 Å². The molecule has 2 rings (SSSR count). The van der Waals surface area contributed by atoms with Crippen LogP contribution in [-0.4, -0.2) is 38.7 Å². The maximum atomic E-state index is 12.4. The van der Waals surface area contributed by atoms with E-state index in [2.05, 4.69) is 15.3 Å². The van der Waals surface area contributed by atoms with Crippen LogP contribution in [0.4, 0.5) is 8.78 Å². The lowest BCUT2D eigenvalue weighted by Gasteiger charge is -2.11. The van der Waals surface area contributed by atoms with E-state index >= 15 is 0 Å². The van der Waals surface area contributed by atoms with E-state index in [0.29, 0.717) is 23.1 Å². The molecule has 1 amide bonds. The summed E-state index contributed by atoms with van der Waals surface area (Å²) in [7, 11) is -3.01. The molecule has 6 nitrogen and oxygen atoms in total. The van der Waals surface area contributed by atoms with Gasteiger partial charge in [-0.05, 0) is 55.0 Å². The lowest BCUT2D eigenvalue weighted by molar-refractivity contribution is -0.121. The molecule has 0 aromatic heterocycles. The summed E-state index contributed by atoms with van der Waals surface area (Å²) in [6.45, 7) is 0.387. The number of rotatable bonds is 6. The highest BCUT2D eigenvalue weighted by Gasteiger charge is 2.29. The number of aryl methyl sites for hydroxylation is 2. The van der Waals surface area contributed by atoms with Crippen LogP contribution in [0.2, 0.25) is 0 Å². The van der Waals surface area contributed by atoms with Crippen molar-refractivity contribution in [3.8, 4) is 5.75 Å². The third-order valence-electron chi connectivity index (χ3n) is 3.89. The molecule has 1 saturated heterocycles. The predicted molar refractivity (Wildman–Crippen MR) is 89.7 cm³/mol. The first-order valence-electron chi connectivity index (χ1n) is 7.74. The average molecular weight is 374 g/mol. The Morgan fingerprint density at radius 2 is 2.04 bits per heavy atom. The van der Waals surface area contributed by atoms with E-state index in [0.717, 1.165) is 0 Å². The first kappa shape index (κ1) is 19.3. The number of alkyl halides is 2. The number of nitrogens with one attached hydrogen (secondary N) is 1. The summed E-state index contributed by atoms with van der Waals surface area (Å²) in [4.78, 5) is 11.8. The van der Waals surface area contributed by atoms with E-state index in [9.17, 15) is 22.0 Å². The molecule has 0 bridgehead atoms. The van der Waals surface area contributed by atoms with E-state index < -0.39 is 16.4 Å². The molecule has 0 saturated carbocycles. The first-order chi connectivity index (χ1) is 11.7. The molecule has 138 valence electrons. The number of amides is 1. The lowest BCUT2D eigenvalue weighted by Crippen LogP contribution is -2.21. The zero-order valence-corrected chi connectivity index (χ0v) is 14.8. The summed E-state index contributed by atoms with van der Waals surface area (Å²) in [6.07, 6.45) is 1.99. The van der Waals surface area contributed by atoms with Crippen molar-refractivity contribution in [1.82, 2.24) is 5.43 Å². The number of nitrogens with zero attached hydrogens (tertiary/aromatic N) is 1. The lowest BCUT2D eigenvalue weighted by atomic mass is 10.1. The van der Waals surface area contributed by atoms with Gasteiger partial charge in [0.25, 0.3) is 0 Å². The van der Waals surface area contributed by atoms with Crippen molar-refractivity contribution in [2.24, 2.45) is 11.0 Å². The van der Waals surface area contributed by atoms with Gasteiger partial charge in [-0.25, -0.2) is 13.8 Å². The van der Waals surface area contributed by atoms with Crippen molar-refractivity contribution >= 4 is 22.0 Å². The molecule has 0 spiro atoms. The standard InChI is InChI=1S/C16H20F2N2O4S/c1-10-5-13(6-11(2)15(10)24-16(17)18)8-19-20-14(21)7-12-3-4-25(22,23)9-12/h5-6,8,12,16H,3-4,7,9H2,1-2H3,(H,20,21)/b19-8-/t12-/m0/s1. The number of hydrogen-bond donors (Lipinski definition) is 1. The smallest absolute Gasteiger partial charge is 0.387 e. The number of sulfone groups is 1. The second-order valence-electron chi connectivity index (χ2n) is 6.13. The number of carbonyl (C=O) groups is 1. The monoisotopic (exact) mass is 374 g/mol. The normalized spacial score (nSPS) is 19.5. The van der Waals surface area contributed by atoms with Gasteiger partial charge >= 0.3 is 6.61 Å². The molecule has 1 N–H and O–H groups in total. The van der Waals surface area contributed by atoms with Crippen LogP contribution in [-0.2, 0) is 14.6 Å². The largest absolute Gasteiger partial charge is 0.434 e. The van der Waals surface area contributed by atoms with Gasteiger partial charge in [0.05, 0.1) is 17.7 Å². The third-order valence-corrected chi connectivity index (χ3v) is 5.73. The third kappa shape index (κ3) is 5.77. The molecular formula is C16H20F2N2O4S. The van der Waals surface area contributed by atoms with Gasteiger partial charge in [-0.15, -0.1) is 0 Å². The molecule has 1 aliphatic heterocycles. The number of hydrogen-bond acceptors (Lipinski definition) is 5. The highest BCUT2D eigenvalue weighted by Crippen LogP contribution is 2.26. The summed E-state index contributed by atoms with van der Waals surface area (Å²) in [6, 6.07) is 3.23. The molecule has 9 heteroatoms. The van der Waals surface area contributed by atoms with Crippen molar-refractivity contribution in [3.63, 3.8) is 0 Å². The number of benzene rings is 1. The minimum absolute atomic E-state index is 0.0358. The van der Waals surface area contributed by atoms with Crippen LogP contribution in [0.5, 0.6) is 5.75 Å². The van der Waals surface area contributed by atoms with Gasteiger partial charge in [-0.3, -0.25) is 4.79 Å². The minimum atomic E-state index is -3.01. The van der Waals surface area contributed by atoms with Gasteiger partial charge in [0.2, 0.25) is 5.91 Å². The van der Waals surface area contributed by atoms with Crippen LogP contribution >= 0.6 is 0 Å². The van der Waals surface area contributed by atoms with Crippen LogP contribution in [0.3, 0.4) is 0 Å². The van der Waals surface area contributed by atoms with E-state index in [4.69, 9.17) is 0 Å². The maximum Gasteiger partial charge on any atom is 0.387 e. The Hall–Kier alpha value is -2.03. The molecule has 1 aromatic carbocycles. The molecule has 0 radical (unpaired) electrons. The highest BCUT2D eigenvalue weighted by atomic mass is 32.2. The molecule has 1 aromatic rings. The fourth-order valence-corrected chi connectivity index (χ4v) is 4.71. The summed E-state index contributed by atoms with van der Waals surface area (Å²) >= 11 is 0. The molecule has 1 aliphatic rings. The van der Waals surface area contributed by atoms with Gasteiger partial charge in [0, 0.05) is 6.42 Å². The second-order valence-corrected chi connectivity index (χ2v) is 8.36. The number of ether oxygens (including phenoxy) is 1. The van der Waals surface area contributed by atoms with Gasteiger partial charge in [-0.2, -0.15) is 13.9 Å². The van der Waals surface area contributed by atoms with E-state index in [1.807, 2.05) is 0 Å². The molecule has 1 heterocycles. The van der Waals surface area contributed by atoms with Crippen LogP contribution in [0.15, 0.2) is 17.2 Å². The fraction of sp³-hybridized carbons (Fsp3) is 0.500. The quantitative estimate of drug-likeness (QED) is 0.611. The van der Waals surface area contributed by atoms with E-state index in [1.165, 1.54) is 6.21 Å². The van der Waals surface area contributed by atoms with Crippen LogP contribution in [0.25, 0.3) is 0 Å². The molecule has 0 unspecified atom stereocenters. The average Bonchev–Trinajstić information content (AvgIpc) is 2.81. The van der Waals surface area contributed by atoms with Crippen molar-refractivity contribution in [3.05, 3.63) is 28.8 Å². The fourth-order valence-electron chi connectivity index (χ4n) is 2.85. The Morgan fingerprint density at radius 1 is 1.40 bits per heavy atom. The Morgan fingerprint density at radius 3 is 2.56 bits per heavy atom. The van der Waals surface area contributed by atoms with Crippen LogP contribution < -0.4 is 10.2 Å². The number of halogens is 2. The van der Waals surface area contributed by atoms with Crippen molar-refractivity contribution in [2.75, 3.05) is 11.5 Å². The molecule has 25 heavy (non-hydrogen) atoms. The summed E-state index contributed by atoms with van der Waals surface area (Å²) in [5.74, 6) is -0.243. The van der Waals surface area contributed by atoms with E-state index in [1.54, 1.807) is 26.0 Å². The Labute approximate surface area is 145 Å². The summed E-state index contributed by atoms with van der Waals surface area (Å²) < 4.78 is 51.9. The van der Waals surface area contributed by atoms with Gasteiger partial charge in [-0.1, -0.05) is 0 Å². The second kappa shape index (κ2) is 7.90. The molecule has 0 aliphatic carbocycles. The van der Waals surface area contributed by atoms with Crippen LogP contribution in [0, 0.1) is 19.8 Å². The number of carbonyl (C=O) groups excluding carboxylic acids is 1. The Bertz CT molecular complexity index is 755. The zero-order chi connectivity index (χ0) is 18.6. The van der Waals surface area contributed by atoms with Gasteiger partial charge in [0.1, 0.15) is 5.75 Å². The molecule has 1 fully saturated rings. The number of hydrazone groups is 1. The first-order valence-corrected chi connectivity index (χ1v) is 9.57. The van der Waals surface area contributed by atoms with Crippen molar-refractivity contribution in [1.29, 1.82) is 0 Å². The Kier molecular flexibility index (Phi) is 6.10. The SMILES string of the molecule is Cc1cc(/C=N\NC(=O)C[C@@H]2CCS(=O)(=O)C2)cc(C)c1OC(F)F. The summed E-state index contributed by atoms with van der Waals surface area (Å²) in [5.41, 5.74) is 4.04. The van der Waals surface area contributed by atoms with Gasteiger partial charge < -0.3 is 4.74 Å². The predicted octanol–water partition coefficient (Wildman–Crippen LogP) is 2.18. The van der Waals surface area contributed by atoms with E-state index in [-0.39, 0.29) is 35.5 Å². The topological polar surface area (TPSA) is 84.8 Å². The minimum Gasteiger partial charge on any atom is -0.434 e. The molecular weight excluding hydrogens is 354 g/mol. The summed E-state index contributed by atoms with van der Waals surface area (Å²) in [5, 5.41) is 3.83.